The molecule has 6 nitrogen and oxygen atoms in total. The molecule has 2 saturated heterocycles. The van der Waals surface area contributed by atoms with Crippen molar-refractivity contribution >= 4 is 50.0 Å². The minimum absolute atomic E-state index is 0.0387. The van der Waals surface area contributed by atoms with Crippen LogP contribution in [0.15, 0.2) is 23.2 Å². The summed E-state index contributed by atoms with van der Waals surface area (Å²) in [6, 6.07) is 4.98. The SMILES string of the molecule is COc1ccc(N2C(=NC(=O)C(C)(C)C)S[C@@H]3CS(=O)(=O)C[C@@H]32)cc1Cl. The highest BCUT2D eigenvalue weighted by Crippen LogP contribution is 2.42. The first kappa shape index (κ1) is 19.5. The zero-order valence-corrected chi connectivity index (χ0v) is 17.4. The molecule has 2 aliphatic heterocycles. The van der Waals surface area contributed by atoms with E-state index in [-0.39, 0.29) is 28.7 Å². The number of sulfone groups is 1. The summed E-state index contributed by atoms with van der Waals surface area (Å²) in [4.78, 5) is 18.6. The van der Waals surface area contributed by atoms with Crippen LogP contribution in [-0.4, -0.2) is 49.4 Å². The summed E-state index contributed by atoms with van der Waals surface area (Å²) < 4.78 is 29.3. The first-order valence-electron chi connectivity index (χ1n) is 8.15. The van der Waals surface area contributed by atoms with Crippen LogP contribution in [0.1, 0.15) is 20.8 Å². The van der Waals surface area contributed by atoms with Crippen molar-refractivity contribution in [3.8, 4) is 5.75 Å². The smallest absolute Gasteiger partial charge is 0.253 e. The van der Waals surface area contributed by atoms with E-state index in [4.69, 9.17) is 16.3 Å². The quantitative estimate of drug-likeness (QED) is 0.737. The second kappa shape index (κ2) is 6.73. The second-order valence-corrected chi connectivity index (χ2v) is 11.2. The number of methoxy groups -OCH3 is 1. The minimum atomic E-state index is -3.11. The molecule has 142 valence electrons. The van der Waals surface area contributed by atoms with Crippen molar-refractivity contribution in [2.75, 3.05) is 23.5 Å². The summed E-state index contributed by atoms with van der Waals surface area (Å²) in [5, 5.41) is 0.796. The molecule has 1 aromatic carbocycles. The minimum Gasteiger partial charge on any atom is -0.495 e. The molecule has 9 heteroatoms. The average molecular weight is 417 g/mol. The maximum absolute atomic E-state index is 12.4. The first-order valence-corrected chi connectivity index (χ1v) is 11.2. The van der Waals surface area contributed by atoms with Gasteiger partial charge in [0, 0.05) is 16.4 Å². The van der Waals surface area contributed by atoms with Gasteiger partial charge >= 0.3 is 0 Å². The lowest BCUT2D eigenvalue weighted by Gasteiger charge is -2.25. The third-order valence-corrected chi connectivity index (χ3v) is 7.82. The van der Waals surface area contributed by atoms with Crippen molar-refractivity contribution in [3.05, 3.63) is 23.2 Å². The molecule has 0 aliphatic carbocycles. The van der Waals surface area contributed by atoms with Gasteiger partial charge in [0.05, 0.1) is 29.7 Å². The fourth-order valence-electron chi connectivity index (χ4n) is 2.93. The molecular formula is C17H21ClN2O4S2. The highest BCUT2D eigenvalue weighted by atomic mass is 35.5. The molecule has 3 rings (SSSR count). The van der Waals surface area contributed by atoms with Gasteiger partial charge in [-0.2, -0.15) is 4.99 Å². The predicted molar refractivity (Wildman–Crippen MR) is 106 cm³/mol. The maximum Gasteiger partial charge on any atom is 0.253 e. The molecule has 0 saturated carbocycles. The van der Waals surface area contributed by atoms with Gasteiger partial charge < -0.3 is 9.64 Å². The Morgan fingerprint density at radius 3 is 2.62 bits per heavy atom. The van der Waals surface area contributed by atoms with Crippen molar-refractivity contribution in [1.82, 2.24) is 0 Å². The van der Waals surface area contributed by atoms with Crippen LogP contribution in [0.3, 0.4) is 0 Å². The number of ether oxygens (including phenoxy) is 1. The number of amidine groups is 1. The van der Waals surface area contributed by atoms with E-state index >= 15 is 0 Å². The van der Waals surface area contributed by atoms with Gasteiger partial charge in [-0.1, -0.05) is 44.1 Å². The molecular weight excluding hydrogens is 396 g/mol. The van der Waals surface area contributed by atoms with Gasteiger partial charge in [0.25, 0.3) is 5.91 Å². The Morgan fingerprint density at radius 2 is 2.04 bits per heavy atom. The molecule has 0 N–H and O–H groups in total. The Kier molecular flexibility index (Phi) is 5.05. The van der Waals surface area contributed by atoms with Crippen LogP contribution in [-0.2, 0) is 14.6 Å². The van der Waals surface area contributed by atoms with Crippen LogP contribution >= 0.6 is 23.4 Å². The molecule has 0 radical (unpaired) electrons. The number of nitrogens with zero attached hydrogens (tertiary/aromatic N) is 2. The largest absolute Gasteiger partial charge is 0.495 e. The fraction of sp³-hybridized carbons (Fsp3) is 0.529. The molecule has 2 aliphatic rings. The number of halogens is 1. The number of anilines is 1. The van der Waals surface area contributed by atoms with Crippen molar-refractivity contribution < 1.29 is 17.9 Å². The van der Waals surface area contributed by atoms with Gasteiger partial charge in [-0.15, -0.1) is 0 Å². The number of carbonyl (C=O) groups excluding carboxylic acids is 1. The molecule has 0 bridgehead atoms. The Balaban J connectivity index is 2.04. The average Bonchev–Trinajstić information content (AvgIpc) is 2.97. The summed E-state index contributed by atoms with van der Waals surface area (Å²) in [5.74, 6) is 0.414. The van der Waals surface area contributed by atoms with Gasteiger partial charge in [0.15, 0.2) is 15.0 Å². The normalized spacial score (nSPS) is 26.2. The number of hydrogen-bond acceptors (Lipinski definition) is 5. The summed E-state index contributed by atoms with van der Waals surface area (Å²) in [7, 11) is -1.58. The Bertz CT molecular complexity index is 877. The number of carbonyl (C=O) groups is 1. The lowest BCUT2D eigenvalue weighted by atomic mass is 9.96. The van der Waals surface area contributed by atoms with E-state index in [2.05, 4.69) is 4.99 Å². The fourth-order valence-corrected chi connectivity index (χ4v) is 7.09. The van der Waals surface area contributed by atoms with Gasteiger partial charge in [0.2, 0.25) is 0 Å². The topological polar surface area (TPSA) is 76.0 Å². The van der Waals surface area contributed by atoms with Crippen molar-refractivity contribution in [2.45, 2.75) is 32.1 Å². The number of fused-ring (bicyclic) bond motifs is 1. The van der Waals surface area contributed by atoms with Crippen LogP contribution in [0.25, 0.3) is 0 Å². The zero-order valence-electron chi connectivity index (χ0n) is 15.0. The Morgan fingerprint density at radius 1 is 1.35 bits per heavy atom. The first-order chi connectivity index (χ1) is 12.0. The highest BCUT2D eigenvalue weighted by Gasteiger charge is 2.49. The van der Waals surface area contributed by atoms with E-state index in [1.807, 2.05) is 4.90 Å². The molecule has 0 aromatic heterocycles. The third-order valence-electron chi connectivity index (χ3n) is 4.32. The predicted octanol–water partition coefficient (Wildman–Crippen LogP) is 3.00. The lowest BCUT2D eigenvalue weighted by Crippen LogP contribution is -2.38. The van der Waals surface area contributed by atoms with Crippen LogP contribution in [0, 0.1) is 5.41 Å². The number of rotatable bonds is 2. The molecule has 2 fully saturated rings. The lowest BCUT2D eigenvalue weighted by molar-refractivity contribution is -0.124. The number of thioether (sulfide) groups is 1. The van der Waals surface area contributed by atoms with Crippen molar-refractivity contribution in [3.63, 3.8) is 0 Å². The Hall–Kier alpha value is -1.25. The van der Waals surface area contributed by atoms with Gasteiger partial charge in [0.1, 0.15) is 5.75 Å². The number of benzene rings is 1. The monoisotopic (exact) mass is 416 g/mol. The standard InChI is InChI=1S/C17H21ClN2O4S2/c1-17(2,3)15(21)19-16-20(10-5-6-13(24-4)11(18)7-10)12-8-26(22,23)9-14(12)25-16/h5-7,12,14H,8-9H2,1-4H3/t12-,14+/m0/s1. The number of amides is 1. The van der Waals surface area contributed by atoms with Crippen LogP contribution in [0.2, 0.25) is 5.02 Å². The molecule has 2 atom stereocenters. The molecule has 1 aromatic rings. The summed E-state index contributed by atoms with van der Waals surface area (Å²) in [6.07, 6.45) is 0. The molecule has 2 heterocycles. The maximum atomic E-state index is 12.4. The van der Waals surface area contributed by atoms with Gasteiger partial charge in [-0.05, 0) is 18.2 Å². The van der Waals surface area contributed by atoms with Crippen LogP contribution < -0.4 is 9.64 Å². The summed E-state index contributed by atoms with van der Waals surface area (Å²) in [6.45, 7) is 5.41. The van der Waals surface area contributed by atoms with E-state index in [1.54, 1.807) is 39.0 Å². The summed E-state index contributed by atoms with van der Waals surface area (Å²) in [5.41, 5.74) is 0.0916. The molecule has 0 unspecified atom stereocenters. The summed E-state index contributed by atoms with van der Waals surface area (Å²) >= 11 is 7.60. The van der Waals surface area contributed by atoms with E-state index in [9.17, 15) is 13.2 Å². The van der Waals surface area contributed by atoms with E-state index < -0.39 is 15.3 Å². The Labute approximate surface area is 162 Å². The molecule has 1 amide bonds. The van der Waals surface area contributed by atoms with Crippen LogP contribution in [0.5, 0.6) is 5.75 Å². The van der Waals surface area contributed by atoms with Gasteiger partial charge in [-0.25, -0.2) is 8.42 Å². The van der Waals surface area contributed by atoms with E-state index in [1.165, 1.54) is 18.9 Å². The van der Waals surface area contributed by atoms with Crippen LogP contribution in [0.4, 0.5) is 5.69 Å². The molecule has 26 heavy (non-hydrogen) atoms. The van der Waals surface area contributed by atoms with Crippen molar-refractivity contribution in [2.24, 2.45) is 10.4 Å². The van der Waals surface area contributed by atoms with Crippen molar-refractivity contribution in [1.29, 1.82) is 0 Å². The number of hydrogen-bond donors (Lipinski definition) is 0. The molecule has 0 spiro atoms. The third kappa shape index (κ3) is 3.73. The zero-order chi connectivity index (χ0) is 19.3. The second-order valence-electron chi connectivity index (χ2n) is 7.44. The van der Waals surface area contributed by atoms with Gasteiger partial charge in [-0.3, -0.25) is 4.79 Å². The number of aliphatic imine (C=N–C) groups is 1. The van der Waals surface area contributed by atoms with E-state index in [0.717, 1.165) is 0 Å². The highest BCUT2D eigenvalue weighted by molar-refractivity contribution is 8.16. The van der Waals surface area contributed by atoms with E-state index in [0.29, 0.717) is 21.6 Å².